The Hall–Kier alpha value is -1.20. The molecule has 1 saturated heterocycles. The number of rotatable bonds is 1. The minimum atomic E-state index is -0.196. The number of anilines is 1. The van der Waals surface area contributed by atoms with Gasteiger partial charge in [0.1, 0.15) is 17.0 Å². The zero-order valence-corrected chi connectivity index (χ0v) is 8.24. The minimum absolute atomic E-state index is 0.196. The van der Waals surface area contributed by atoms with Crippen molar-refractivity contribution in [2.24, 2.45) is 0 Å². The molecule has 2 aromatic rings. The van der Waals surface area contributed by atoms with Crippen LogP contribution in [0.3, 0.4) is 0 Å². The van der Waals surface area contributed by atoms with Gasteiger partial charge in [0, 0.05) is 13.1 Å². The molecule has 1 aliphatic heterocycles. The third-order valence-electron chi connectivity index (χ3n) is 2.40. The lowest BCUT2D eigenvalue weighted by molar-refractivity contribution is 0.141. The quantitative estimate of drug-likeness (QED) is 0.754. The van der Waals surface area contributed by atoms with Crippen LogP contribution < -0.4 is 4.90 Å². The number of hydrogen-bond donors (Lipinski definition) is 1. The van der Waals surface area contributed by atoms with Gasteiger partial charge in [-0.2, -0.15) is 0 Å². The van der Waals surface area contributed by atoms with E-state index in [-0.39, 0.29) is 6.10 Å². The highest BCUT2D eigenvalue weighted by molar-refractivity contribution is 7.16. The van der Waals surface area contributed by atoms with Gasteiger partial charge < -0.3 is 10.0 Å². The fourth-order valence-corrected chi connectivity index (χ4v) is 2.38. The molecule has 0 unspecified atom stereocenters. The van der Waals surface area contributed by atoms with Crippen LogP contribution >= 0.6 is 11.3 Å². The molecule has 0 bridgehead atoms. The maximum atomic E-state index is 9.22. The average molecular weight is 207 g/mol. The van der Waals surface area contributed by atoms with Crippen molar-refractivity contribution in [3.63, 3.8) is 0 Å². The number of aromatic nitrogens is 2. The van der Waals surface area contributed by atoms with Crippen molar-refractivity contribution < 1.29 is 5.11 Å². The van der Waals surface area contributed by atoms with Crippen molar-refractivity contribution in [2.45, 2.75) is 6.10 Å². The van der Waals surface area contributed by atoms with Gasteiger partial charge in [0.15, 0.2) is 0 Å². The van der Waals surface area contributed by atoms with E-state index in [4.69, 9.17) is 0 Å². The molecule has 0 radical (unpaired) electrons. The summed E-state index contributed by atoms with van der Waals surface area (Å²) in [6, 6.07) is 2.03. The molecule has 1 N–H and O–H groups in total. The first-order chi connectivity index (χ1) is 6.84. The Morgan fingerprint density at radius 1 is 1.43 bits per heavy atom. The predicted octanol–water partition coefficient (Wildman–Crippen LogP) is 0.872. The first-order valence-corrected chi connectivity index (χ1v) is 5.34. The Labute approximate surface area is 84.8 Å². The van der Waals surface area contributed by atoms with Gasteiger partial charge in [-0.05, 0) is 11.4 Å². The van der Waals surface area contributed by atoms with Crippen molar-refractivity contribution in [1.82, 2.24) is 9.97 Å². The molecule has 0 amide bonds. The van der Waals surface area contributed by atoms with Crippen molar-refractivity contribution in [1.29, 1.82) is 0 Å². The molecule has 1 fully saturated rings. The van der Waals surface area contributed by atoms with Crippen molar-refractivity contribution >= 4 is 27.4 Å². The fourth-order valence-electron chi connectivity index (χ4n) is 1.66. The molecule has 72 valence electrons. The molecule has 14 heavy (non-hydrogen) atoms. The Kier molecular flexibility index (Phi) is 1.68. The highest BCUT2D eigenvalue weighted by Gasteiger charge is 2.26. The van der Waals surface area contributed by atoms with Crippen LogP contribution in [0, 0.1) is 0 Å². The number of nitrogens with zero attached hydrogens (tertiary/aromatic N) is 3. The van der Waals surface area contributed by atoms with E-state index in [1.807, 2.05) is 11.4 Å². The molecule has 0 aliphatic carbocycles. The van der Waals surface area contributed by atoms with Crippen molar-refractivity contribution in [3.8, 4) is 0 Å². The third-order valence-corrected chi connectivity index (χ3v) is 3.22. The van der Waals surface area contributed by atoms with E-state index in [0.29, 0.717) is 13.1 Å². The Morgan fingerprint density at radius 3 is 3.07 bits per heavy atom. The number of fused-ring (bicyclic) bond motifs is 1. The summed E-state index contributed by atoms with van der Waals surface area (Å²) in [5.41, 5.74) is 0. The summed E-state index contributed by atoms with van der Waals surface area (Å²) in [6.45, 7) is 1.37. The van der Waals surface area contributed by atoms with E-state index in [0.717, 1.165) is 16.0 Å². The topological polar surface area (TPSA) is 49.2 Å². The molecule has 1 aliphatic rings. The standard InChI is InChI=1S/C9H9N3OS/c13-6-3-12(4-6)8-7-1-2-14-9(7)11-5-10-8/h1-2,5-6,13H,3-4H2. The van der Waals surface area contributed by atoms with Gasteiger partial charge in [-0.15, -0.1) is 11.3 Å². The molecule has 2 aromatic heterocycles. The average Bonchev–Trinajstić information content (AvgIpc) is 2.60. The van der Waals surface area contributed by atoms with E-state index in [9.17, 15) is 5.11 Å². The second kappa shape index (κ2) is 2.90. The summed E-state index contributed by atoms with van der Waals surface area (Å²) in [5.74, 6) is 0.946. The highest BCUT2D eigenvalue weighted by atomic mass is 32.1. The van der Waals surface area contributed by atoms with E-state index < -0.39 is 0 Å². The number of aliphatic hydroxyl groups is 1. The maximum absolute atomic E-state index is 9.22. The smallest absolute Gasteiger partial charge is 0.140 e. The molecule has 0 spiro atoms. The van der Waals surface area contributed by atoms with E-state index in [1.54, 1.807) is 17.7 Å². The monoisotopic (exact) mass is 207 g/mol. The Balaban J connectivity index is 2.07. The van der Waals surface area contributed by atoms with Crippen LogP contribution in [0.1, 0.15) is 0 Å². The van der Waals surface area contributed by atoms with Crippen LogP contribution in [0.15, 0.2) is 17.8 Å². The van der Waals surface area contributed by atoms with Crippen LogP contribution in [0.2, 0.25) is 0 Å². The van der Waals surface area contributed by atoms with Crippen LogP contribution in [-0.4, -0.2) is 34.3 Å². The van der Waals surface area contributed by atoms with Crippen LogP contribution in [0.4, 0.5) is 5.82 Å². The van der Waals surface area contributed by atoms with Gasteiger partial charge in [-0.1, -0.05) is 0 Å². The van der Waals surface area contributed by atoms with Gasteiger partial charge in [-0.25, -0.2) is 9.97 Å². The lowest BCUT2D eigenvalue weighted by Gasteiger charge is -2.36. The molecule has 0 atom stereocenters. The number of hydrogen-bond acceptors (Lipinski definition) is 5. The molecule has 5 heteroatoms. The molecule has 3 rings (SSSR count). The second-order valence-corrected chi connectivity index (χ2v) is 4.29. The largest absolute Gasteiger partial charge is 0.389 e. The summed E-state index contributed by atoms with van der Waals surface area (Å²) in [7, 11) is 0. The second-order valence-electron chi connectivity index (χ2n) is 3.40. The van der Waals surface area contributed by atoms with E-state index in [2.05, 4.69) is 14.9 Å². The predicted molar refractivity (Wildman–Crippen MR) is 55.6 cm³/mol. The lowest BCUT2D eigenvalue weighted by atomic mass is 10.1. The maximum Gasteiger partial charge on any atom is 0.140 e. The van der Waals surface area contributed by atoms with Gasteiger partial charge in [0.2, 0.25) is 0 Å². The number of thiophene rings is 1. The number of β-amino-alcohol motifs (C(OH)–C–C–N with tert-alkyl or cyclic N) is 1. The first kappa shape index (κ1) is 8.14. The molecule has 3 heterocycles. The van der Waals surface area contributed by atoms with Gasteiger partial charge >= 0.3 is 0 Å². The van der Waals surface area contributed by atoms with E-state index >= 15 is 0 Å². The normalized spacial score (nSPS) is 17.4. The summed E-state index contributed by atoms with van der Waals surface area (Å²) >= 11 is 1.61. The van der Waals surface area contributed by atoms with E-state index in [1.165, 1.54) is 0 Å². The molecule has 0 aromatic carbocycles. The highest BCUT2D eigenvalue weighted by Crippen LogP contribution is 2.29. The minimum Gasteiger partial charge on any atom is -0.389 e. The fraction of sp³-hybridized carbons (Fsp3) is 0.333. The summed E-state index contributed by atoms with van der Waals surface area (Å²) in [4.78, 5) is 11.5. The number of aliphatic hydroxyl groups excluding tert-OH is 1. The molecule has 0 saturated carbocycles. The van der Waals surface area contributed by atoms with Gasteiger partial charge in [-0.3, -0.25) is 0 Å². The molecular weight excluding hydrogens is 198 g/mol. The SMILES string of the molecule is OC1CN(c2ncnc3sccc23)C1. The van der Waals surface area contributed by atoms with Crippen LogP contribution in [0.25, 0.3) is 10.2 Å². The Morgan fingerprint density at radius 2 is 2.29 bits per heavy atom. The van der Waals surface area contributed by atoms with Crippen molar-refractivity contribution in [3.05, 3.63) is 17.8 Å². The van der Waals surface area contributed by atoms with Gasteiger partial charge in [0.25, 0.3) is 0 Å². The zero-order chi connectivity index (χ0) is 9.54. The van der Waals surface area contributed by atoms with Crippen LogP contribution in [-0.2, 0) is 0 Å². The van der Waals surface area contributed by atoms with Gasteiger partial charge in [0.05, 0.1) is 11.5 Å². The first-order valence-electron chi connectivity index (χ1n) is 4.46. The van der Waals surface area contributed by atoms with Crippen molar-refractivity contribution in [2.75, 3.05) is 18.0 Å². The lowest BCUT2D eigenvalue weighted by Crippen LogP contribution is -2.51. The summed E-state index contributed by atoms with van der Waals surface area (Å²) < 4.78 is 0. The molecular formula is C9H9N3OS. The summed E-state index contributed by atoms with van der Waals surface area (Å²) in [6.07, 6.45) is 1.39. The Bertz CT molecular complexity index is 464. The zero-order valence-electron chi connectivity index (χ0n) is 7.42. The third kappa shape index (κ3) is 1.09. The summed E-state index contributed by atoms with van der Waals surface area (Å²) in [5, 5.41) is 12.3. The molecule has 4 nitrogen and oxygen atoms in total. The van der Waals surface area contributed by atoms with Crippen LogP contribution in [0.5, 0.6) is 0 Å².